The number of rotatable bonds is 8. The summed E-state index contributed by atoms with van der Waals surface area (Å²) < 4.78 is 25.0. The monoisotopic (exact) mass is 429 g/mol. The van der Waals surface area contributed by atoms with Gasteiger partial charge in [-0.2, -0.15) is 0 Å². The topological polar surface area (TPSA) is 69.7 Å². The lowest BCUT2D eigenvalue weighted by Gasteiger charge is -2.26. The maximum absolute atomic E-state index is 12.5. The van der Waals surface area contributed by atoms with Gasteiger partial charge in [0.1, 0.15) is 0 Å². The first-order valence-corrected chi connectivity index (χ1v) is 12.4. The summed E-state index contributed by atoms with van der Waals surface area (Å²) in [5.41, 5.74) is 3.41. The van der Waals surface area contributed by atoms with E-state index in [-0.39, 0.29) is 5.91 Å². The number of likely N-dealkylation sites (tertiary alicyclic amines) is 1. The van der Waals surface area contributed by atoms with Crippen molar-refractivity contribution in [3.8, 4) is 0 Å². The molecule has 30 heavy (non-hydrogen) atoms. The average molecular weight is 430 g/mol. The van der Waals surface area contributed by atoms with Crippen molar-refractivity contribution in [3.63, 3.8) is 0 Å². The zero-order valence-electron chi connectivity index (χ0n) is 17.8. The highest BCUT2D eigenvalue weighted by molar-refractivity contribution is 7.92. The highest BCUT2D eigenvalue weighted by Gasteiger charge is 2.16. The molecule has 0 atom stereocenters. The number of nitrogens with zero attached hydrogens (tertiary/aromatic N) is 2. The lowest BCUT2D eigenvalue weighted by atomic mass is 10.1. The Kier molecular flexibility index (Phi) is 7.50. The molecule has 1 amide bonds. The van der Waals surface area contributed by atoms with E-state index in [0.717, 1.165) is 25.2 Å². The zero-order valence-corrected chi connectivity index (χ0v) is 18.6. The van der Waals surface area contributed by atoms with E-state index >= 15 is 0 Å². The fraction of sp³-hybridized carbons (Fsp3) is 0.435. The Morgan fingerprint density at radius 2 is 1.70 bits per heavy atom. The lowest BCUT2D eigenvalue weighted by Crippen LogP contribution is -2.29. The molecule has 1 aliphatic rings. The SMILES string of the molecule is CCN(c1ccc(C(=O)NCc2cccc(CN3CCCCC3)c2)cc1)S(C)(=O)=O. The predicted molar refractivity (Wildman–Crippen MR) is 121 cm³/mol. The first-order valence-electron chi connectivity index (χ1n) is 10.5. The van der Waals surface area contributed by atoms with Crippen molar-refractivity contribution in [2.45, 2.75) is 39.3 Å². The van der Waals surface area contributed by atoms with Gasteiger partial charge in [-0.05, 0) is 68.2 Å². The highest BCUT2D eigenvalue weighted by atomic mass is 32.2. The van der Waals surface area contributed by atoms with Crippen molar-refractivity contribution in [2.75, 3.05) is 30.2 Å². The van der Waals surface area contributed by atoms with Gasteiger partial charge in [0.2, 0.25) is 10.0 Å². The molecule has 1 N–H and O–H groups in total. The number of sulfonamides is 1. The Bertz CT molecular complexity index is 952. The Hall–Kier alpha value is -2.38. The number of piperidine rings is 1. The van der Waals surface area contributed by atoms with Gasteiger partial charge >= 0.3 is 0 Å². The molecule has 0 aliphatic carbocycles. The molecule has 1 heterocycles. The third-order valence-corrected chi connectivity index (χ3v) is 6.67. The predicted octanol–water partition coefficient (Wildman–Crippen LogP) is 3.39. The molecule has 0 unspecified atom stereocenters. The Balaban J connectivity index is 1.58. The molecule has 3 rings (SSSR count). The fourth-order valence-corrected chi connectivity index (χ4v) is 4.86. The molecule has 2 aromatic rings. The van der Waals surface area contributed by atoms with Crippen molar-refractivity contribution in [1.29, 1.82) is 0 Å². The molecule has 6 nitrogen and oxygen atoms in total. The molecule has 2 aromatic carbocycles. The Morgan fingerprint density at radius 1 is 1.03 bits per heavy atom. The maximum Gasteiger partial charge on any atom is 0.251 e. The number of hydrogen-bond donors (Lipinski definition) is 1. The molecule has 1 fully saturated rings. The van der Waals surface area contributed by atoms with Crippen LogP contribution >= 0.6 is 0 Å². The third kappa shape index (κ3) is 6.06. The minimum absolute atomic E-state index is 0.176. The molecule has 7 heteroatoms. The van der Waals surface area contributed by atoms with E-state index in [4.69, 9.17) is 0 Å². The summed E-state index contributed by atoms with van der Waals surface area (Å²) >= 11 is 0. The van der Waals surface area contributed by atoms with Crippen LogP contribution in [0.15, 0.2) is 48.5 Å². The molecule has 0 saturated carbocycles. The number of benzene rings is 2. The van der Waals surface area contributed by atoms with Crippen LogP contribution in [0.3, 0.4) is 0 Å². The van der Waals surface area contributed by atoms with Crippen LogP contribution in [0.25, 0.3) is 0 Å². The number of nitrogens with one attached hydrogen (secondary N) is 1. The maximum atomic E-state index is 12.5. The number of carbonyl (C=O) groups is 1. The second-order valence-corrected chi connectivity index (χ2v) is 9.72. The summed E-state index contributed by atoms with van der Waals surface area (Å²) in [6.07, 6.45) is 5.05. The van der Waals surface area contributed by atoms with Crippen LogP contribution in [0.4, 0.5) is 5.69 Å². The van der Waals surface area contributed by atoms with Crippen LogP contribution in [0, 0.1) is 0 Å². The molecule has 1 saturated heterocycles. The van der Waals surface area contributed by atoms with Gasteiger partial charge < -0.3 is 5.32 Å². The fourth-order valence-electron chi connectivity index (χ4n) is 3.89. The summed E-state index contributed by atoms with van der Waals surface area (Å²) in [6.45, 7) is 5.85. The van der Waals surface area contributed by atoms with Gasteiger partial charge in [-0.1, -0.05) is 30.7 Å². The zero-order chi connectivity index (χ0) is 21.6. The first-order chi connectivity index (χ1) is 14.4. The summed E-state index contributed by atoms with van der Waals surface area (Å²) in [6, 6.07) is 15.0. The quantitative estimate of drug-likeness (QED) is 0.698. The molecule has 1 aliphatic heterocycles. The van der Waals surface area contributed by atoms with Crippen LogP contribution in [0.5, 0.6) is 0 Å². The number of anilines is 1. The minimum Gasteiger partial charge on any atom is -0.348 e. The van der Waals surface area contributed by atoms with Crippen LogP contribution < -0.4 is 9.62 Å². The lowest BCUT2D eigenvalue weighted by molar-refractivity contribution is 0.0951. The van der Waals surface area contributed by atoms with Gasteiger partial charge in [0, 0.05) is 25.2 Å². The molecule has 0 aromatic heterocycles. The molecule has 0 spiro atoms. The van der Waals surface area contributed by atoms with Gasteiger partial charge in [-0.25, -0.2) is 8.42 Å². The van der Waals surface area contributed by atoms with E-state index in [1.807, 2.05) is 12.1 Å². The largest absolute Gasteiger partial charge is 0.348 e. The number of amides is 1. The average Bonchev–Trinajstić information content (AvgIpc) is 2.73. The second kappa shape index (κ2) is 10.1. The normalized spacial score (nSPS) is 15.0. The first kappa shape index (κ1) is 22.3. The van der Waals surface area contributed by atoms with Gasteiger partial charge in [-0.15, -0.1) is 0 Å². The number of hydrogen-bond acceptors (Lipinski definition) is 4. The smallest absolute Gasteiger partial charge is 0.251 e. The van der Waals surface area contributed by atoms with Gasteiger partial charge in [-0.3, -0.25) is 14.0 Å². The van der Waals surface area contributed by atoms with Crippen molar-refractivity contribution in [3.05, 3.63) is 65.2 Å². The summed E-state index contributed by atoms with van der Waals surface area (Å²) in [7, 11) is -3.33. The number of carbonyl (C=O) groups excluding carboxylic acids is 1. The summed E-state index contributed by atoms with van der Waals surface area (Å²) in [5, 5.41) is 2.95. The third-order valence-electron chi connectivity index (χ3n) is 5.40. The van der Waals surface area contributed by atoms with Crippen molar-refractivity contribution in [2.24, 2.45) is 0 Å². The molecule has 0 bridgehead atoms. The summed E-state index contributed by atoms with van der Waals surface area (Å²) in [5.74, 6) is -0.176. The van der Waals surface area contributed by atoms with E-state index in [1.165, 1.54) is 35.4 Å². The van der Waals surface area contributed by atoms with Crippen molar-refractivity contribution >= 4 is 21.6 Å². The molecular weight excluding hydrogens is 398 g/mol. The van der Waals surface area contributed by atoms with E-state index < -0.39 is 10.0 Å². The van der Waals surface area contributed by atoms with E-state index in [9.17, 15) is 13.2 Å². The van der Waals surface area contributed by atoms with Gasteiger partial charge in [0.25, 0.3) is 5.91 Å². The Labute approximate surface area is 179 Å². The van der Waals surface area contributed by atoms with E-state index in [0.29, 0.717) is 24.3 Å². The second-order valence-electron chi connectivity index (χ2n) is 7.81. The van der Waals surface area contributed by atoms with Crippen LogP contribution in [0.2, 0.25) is 0 Å². The van der Waals surface area contributed by atoms with Gasteiger partial charge in [0.05, 0.1) is 11.9 Å². The molecular formula is C23H31N3O3S. The summed E-state index contributed by atoms with van der Waals surface area (Å²) in [4.78, 5) is 15.0. The molecule has 162 valence electrons. The van der Waals surface area contributed by atoms with Crippen LogP contribution in [-0.2, 0) is 23.1 Å². The highest BCUT2D eigenvalue weighted by Crippen LogP contribution is 2.18. The van der Waals surface area contributed by atoms with Crippen LogP contribution in [0.1, 0.15) is 47.7 Å². The standard InChI is InChI=1S/C23H31N3O3S/c1-3-26(30(2,28)29)22-12-10-21(11-13-22)23(27)24-17-19-8-7-9-20(16-19)18-25-14-5-4-6-15-25/h7-13,16H,3-6,14-15,17-18H2,1-2H3,(H,24,27). The molecule has 0 radical (unpaired) electrons. The van der Waals surface area contributed by atoms with E-state index in [1.54, 1.807) is 31.2 Å². The van der Waals surface area contributed by atoms with Crippen molar-refractivity contribution < 1.29 is 13.2 Å². The van der Waals surface area contributed by atoms with Gasteiger partial charge in [0.15, 0.2) is 0 Å². The van der Waals surface area contributed by atoms with Crippen LogP contribution in [-0.4, -0.2) is 45.1 Å². The Morgan fingerprint density at radius 3 is 2.33 bits per heavy atom. The minimum atomic E-state index is -3.33. The van der Waals surface area contributed by atoms with Crippen molar-refractivity contribution in [1.82, 2.24) is 10.2 Å². The van der Waals surface area contributed by atoms with E-state index in [2.05, 4.69) is 22.3 Å².